The van der Waals surface area contributed by atoms with Gasteiger partial charge in [0.2, 0.25) is 15.9 Å². The van der Waals surface area contributed by atoms with Gasteiger partial charge in [0.1, 0.15) is 5.75 Å². The first-order valence-electron chi connectivity index (χ1n) is 9.24. The van der Waals surface area contributed by atoms with Crippen LogP contribution in [0.25, 0.3) is 0 Å². The van der Waals surface area contributed by atoms with Crippen molar-refractivity contribution in [2.75, 3.05) is 19.0 Å². The van der Waals surface area contributed by atoms with Crippen molar-refractivity contribution in [3.8, 4) is 5.75 Å². The highest BCUT2D eigenvalue weighted by Gasteiger charge is 2.17. The molecule has 3 aromatic rings. The Labute approximate surface area is 191 Å². The van der Waals surface area contributed by atoms with Crippen molar-refractivity contribution in [2.45, 2.75) is 11.3 Å². The Bertz CT molecular complexity index is 1200. The van der Waals surface area contributed by atoms with Crippen LogP contribution in [0, 0.1) is 0 Å². The van der Waals surface area contributed by atoms with Crippen LogP contribution in [0.1, 0.15) is 11.1 Å². The first-order valence-corrected chi connectivity index (χ1v) is 11.5. The summed E-state index contributed by atoms with van der Waals surface area (Å²) in [6, 6.07) is 18.4. The number of carbonyl (C=O) groups excluding carboxylic acids is 1. The van der Waals surface area contributed by atoms with Gasteiger partial charge in [0.05, 0.1) is 18.6 Å². The van der Waals surface area contributed by atoms with Gasteiger partial charge in [-0.15, -0.1) is 0 Å². The summed E-state index contributed by atoms with van der Waals surface area (Å²) in [5.41, 5.74) is 2.15. The van der Waals surface area contributed by atoms with E-state index in [9.17, 15) is 13.2 Å². The van der Waals surface area contributed by atoms with E-state index < -0.39 is 22.5 Å². The average Bonchev–Trinajstić information content (AvgIpc) is 2.76. The first kappa shape index (κ1) is 23.1. The quantitative estimate of drug-likeness (QED) is 0.498. The van der Waals surface area contributed by atoms with Crippen LogP contribution in [0.4, 0.5) is 5.69 Å². The van der Waals surface area contributed by atoms with Gasteiger partial charge in [-0.3, -0.25) is 4.79 Å². The fraction of sp³-hybridized carbons (Fsp3) is 0.136. The lowest BCUT2D eigenvalue weighted by Crippen LogP contribution is -2.33. The molecule has 0 saturated carbocycles. The minimum absolute atomic E-state index is 0.00514. The highest BCUT2D eigenvalue weighted by atomic mass is 35.5. The number of benzene rings is 3. The molecule has 1 amide bonds. The molecule has 3 aromatic carbocycles. The molecule has 0 aromatic heterocycles. The molecule has 2 N–H and O–H groups in total. The Morgan fingerprint density at radius 3 is 2.48 bits per heavy atom. The van der Waals surface area contributed by atoms with E-state index >= 15 is 0 Å². The Morgan fingerprint density at radius 2 is 1.74 bits per heavy atom. The van der Waals surface area contributed by atoms with Gasteiger partial charge in [0, 0.05) is 28.2 Å². The molecular formula is C22H20Cl2N2O4S. The minimum Gasteiger partial charge on any atom is -0.497 e. The monoisotopic (exact) mass is 478 g/mol. The van der Waals surface area contributed by atoms with Crippen LogP contribution in [0.2, 0.25) is 10.0 Å². The number of nitrogens with one attached hydrogen (secondary N) is 2. The number of hydrogen-bond acceptors (Lipinski definition) is 4. The van der Waals surface area contributed by atoms with E-state index in [4.69, 9.17) is 27.9 Å². The van der Waals surface area contributed by atoms with Crippen molar-refractivity contribution < 1.29 is 17.9 Å². The third-order valence-corrected chi connectivity index (χ3v) is 6.46. The van der Waals surface area contributed by atoms with Crippen LogP contribution in [-0.4, -0.2) is 28.0 Å². The Kier molecular flexibility index (Phi) is 7.56. The van der Waals surface area contributed by atoms with Crippen molar-refractivity contribution in [2.24, 2.45) is 0 Å². The number of sulfonamides is 1. The lowest BCUT2D eigenvalue weighted by molar-refractivity contribution is -0.115. The number of anilines is 1. The standard InChI is InChI=1S/C22H20Cl2N2O4S/c1-30-18-6-4-7-19(13-18)31(28,29)25-14-22(27)26-21-10-9-17(23)12-16(21)11-15-5-2-3-8-20(15)24/h2-10,12-13,25H,11,14H2,1H3,(H,26,27). The summed E-state index contributed by atoms with van der Waals surface area (Å²) < 4.78 is 32.3. The zero-order valence-corrected chi connectivity index (χ0v) is 18.9. The van der Waals surface area contributed by atoms with Gasteiger partial charge >= 0.3 is 0 Å². The second kappa shape index (κ2) is 10.2. The van der Waals surface area contributed by atoms with Crippen molar-refractivity contribution >= 4 is 44.8 Å². The second-order valence-electron chi connectivity index (χ2n) is 6.62. The van der Waals surface area contributed by atoms with E-state index in [0.29, 0.717) is 27.9 Å². The van der Waals surface area contributed by atoms with Gasteiger partial charge in [-0.25, -0.2) is 13.1 Å². The van der Waals surface area contributed by atoms with E-state index in [0.717, 1.165) is 11.1 Å². The molecule has 0 aliphatic rings. The third kappa shape index (κ3) is 6.21. The Morgan fingerprint density at radius 1 is 0.968 bits per heavy atom. The van der Waals surface area contributed by atoms with Crippen molar-refractivity contribution in [3.63, 3.8) is 0 Å². The number of hydrogen-bond donors (Lipinski definition) is 2. The maximum absolute atomic E-state index is 12.5. The molecule has 9 heteroatoms. The van der Waals surface area contributed by atoms with Crippen molar-refractivity contribution in [1.29, 1.82) is 0 Å². The molecule has 0 fully saturated rings. The van der Waals surface area contributed by atoms with E-state index in [1.807, 2.05) is 18.2 Å². The van der Waals surface area contributed by atoms with Crippen LogP contribution in [-0.2, 0) is 21.2 Å². The summed E-state index contributed by atoms with van der Waals surface area (Å²) in [5.74, 6) is -0.119. The summed E-state index contributed by atoms with van der Waals surface area (Å²) in [6.45, 7) is -0.437. The smallest absolute Gasteiger partial charge is 0.241 e. The highest BCUT2D eigenvalue weighted by Crippen LogP contribution is 2.26. The van der Waals surface area contributed by atoms with Gasteiger partial charge in [-0.1, -0.05) is 47.5 Å². The molecule has 0 heterocycles. The summed E-state index contributed by atoms with van der Waals surface area (Å²) in [7, 11) is -2.44. The molecular weight excluding hydrogens is 459 g/mol. The van der Waals surface area contributed by atoms with Crippen LogP contribution >= 0.6 is 23.2 Å². The summed E-state index contributed by atoms with van der Waals surface area (Å²) in [4.78, 5) is 12.5. The molecule has 0 radical (unpaired) electrons. The lowest BCUT2D eigenvalue weighted by Gasteiger charge is -2.13. The molecule has 3 rings (SSSR count). The number of methoxy groups -OCH3 is 1. The van der Waals surface area contributed by atoms with Crippen LogP contribution in [0.5, 0.6) is 5.75 Å². The fourth-order valence-corrected chi connectivity index (χ4v) is 4.30. The average molecular weight is 479 g/mol. The maximum atomic E-state index is 12.5. The zero-order chi connectivity index (χ0) is 22.4. The number of rotatable bonds is 8. The van der Waals surface area contributed by atoms with Crippen LogP contribution in [0.15, 0.2) is 71.6 Å². The van der Waals surface area contributed by atoms with Gasteiger partial charge in [-0.05, 0) is 47.5 Å². The number of amides is 1. The predicted octanol–water partition coefficient (Wildman–Crippen LogP) is 4.51. The van der Waals surface area contributed by atoms with Crippen molar-refractivity contribution in [3.05, 3.63) is 87.9 Å². The zero-order valence-electron chi connectivity index (χ0n) is 16.6. The SMILES string of the molecule is COc1cccc(S(=O)(=O)NCC(=O)Nc2ccc(Cl)cc2Cc2ccccc2Cl)c1. The highest BCUT2D eigenvalue weighted by molar-refractivity contribution is 7.89. The molecule has 162 valence electrons. The largest absolute Gasteiger partial charge is 0.497 e. The first-order chi connectivity index (χ1) is 14.8. The lowest BCUT2D eigenvalue weighted by atomic mass is 10.0. The molecule has 0 unspecified atom stereocenters. The molecule has 0 bridgehead atoms. The van der Waals surface area contributed by atoms with E-state index in [1.54, 1.807) is 36.4 Å². The van der Waals surface area contributed by atoms with E-state index in [2.05, 4.69) is 10.0 Å². The van der Waals surface area contributed by atoms with Crippen molar-refractivity contribution in [1.82, 2.24) is 4.72 Å². The van der Waals surface area contributed by atoms with Crippen LogP contribution < -0.4 is 14.8 Å². The minimum atomic E-state index is -3.88. The summed E-state index contributed by atoms with van der Waals surface area (Å²) >= 11 is 12.4. The number of carbonyl (C=O) groups is 1. The fourth-order valence-electron chi connectivity index (χ4n) is 2.88. The molecule has 0 atom stereocenters. The normalized spacial score (nSPS) is 11.2. The maximum Gasteiger partial charge on any atom is 0.241 e. The van der Waals surface area contributed by atoms with Gasteiger partial charge in [0.25, 0.3) is 0 Å². The second-order valence-corrected chi connectivity index (χ2v) is 9.23. The molecule has 0 saturated heterocycles. The van der Waals surface area contributed by atoms with Crippen LogP contribution in [0.3, 0.4) is 0 Å². The molecule has 0 spiro atoms. The van der Waals surface area contributed by atoms with E-state index in [-0.39, 0.29) is 4.90 Å². The number of halogens is 2. The summed E-state index contributed by atoms with van der Waals surface area (Å²) in [6.07, 6.45) is 0.450. The van der Waals surface area contributed by atoms with Gasteiger partial charge in [-0.2, -0.15) is 0 Å². The topological polar surface area (TPSA) is 84.5 Å². The molecule has 0 aliphatic carbocycles. The van der Waals surface area contributed by atoms with Gasteiger partial charge in [0.15, 0.2) is 0 Å². The third-order valence-electron chi connectivity index (χ3n) is 4.45. The Balaban J connectivity index is 1.71. The number of ether oxygens (including phenoxy) is 1. The molecule has 6 nitrogen and oxygen atoms in total. The Hall–Kier alpha value is -2.58. The van der Waals surface area contributed by atoms with E-state index in [1.165, 1.54) is 19.2 Å². The molecule has 0 aliphatic heterocycles. The van der Waals surface area contributed by atoms with Gasteiger partial charge < -0.3 is 10.1 Å². The molecule has 31 heavy (non-hydrogen) atoms. The predicted molar refractivity (Wildman–Crippen MR) is 123 cm³/mol. The summed E-state index contributed by atoms with van der Waals surface area (Å²) in [5, 5.41) is 3.85.